The normalized spacial score (nSPS) is 16.2. The minimum absolute atomic E-state index is 0.0207. The number of amides is 2. The summed E-state index contributed by atoms with van der Waals surface area (Å²) >= 11 is 0. The summed E-state index contributed by atoms with van der Waals surface area (Å²) in [5.41, 5.74) is 2.14. The van der Waals surface area contributed by atoms with Crippen LogP contribution in [0.5, 0.6) is 0 Å². The highest BCUT2D eigenvalue weighted by Gasteiger charge is 2.32. The lowest BCUT2D eigenvalue weighted by Gasteiger charge is -2.24. The van der Waals surface area contributed by atoms with Crippen molar-refractivity contribution in [3.8, 4) is 0 Å². The molecule has 2 amide bonds. The third-order valence-electron chi connectivity index (χ3n) is 5.13. The number of carbonyl (C=O) groups is 3. The quantitative estimate of drug-likeness (QED) is 0.740. The Labute approximate surface area is 175 Å². The van der Waals surface area contributed by atoms with Crippen LogP contribution in [0.2, 0.25) is 0 Å². The zero-order valence-corrected chi connectivity index (χ0v) is 17.2. The monoisotopic (exact) mass is 412 g/mol. The first-order valence-electron chi connectivity index (χ1n) is 9.91. The first-order valence-corrected chi connectivity index (χ1v) is 9.91. The first-order chi connectivity index (χ1) is 14.3. The molecule has 0 fully saturated rings. The van der Waals surface area contributed by atoms with Crippen molar-refractivity contribution in [2.45, 2.75) is 39.3 Å². The van der Waals surface area contributed by atoms with E-state index < -0.39 is 30.3 Å². The molecular formula is C23H25FN2O4. The van der Waals surface area contributed by atoms with Gasteiger partial charge in [-0.2, -0.15) is 0 Å². The molecule has 0 saturated carbocycles. The van der Waals surface area contributed by atoms with Crippen LogP contribution in [-0.2, 0) is 20.7 Å². The van der Waals surface area contributed by atoms with E-state index in [1.54, 1.807) is 18.7 Å². The fourth-order valence-electron chi connectivity index (χ4n) is 3.56. The fraction of sp³-hybridized carbons (Fsp3) is 0.348. The highest BCUT2D eigenvalue weighted by molar-refractivity contribution is 5.99. The molecule has 0 aromatic heterocycles. The number of benzene rings is 2. The molecule has 2 aromatic carbocycles. The molecule has 2 aromatic rings. The molecule has 0 bridgehead atoms. The molecule has 6 nitrogen and oxygen atoms in total. The Morgan fingerprint density at radius 3 is 2.47 bits per heavy atom. The number of fused-ring (bicyclic) bond motifs is 1. The third kappa shape index (κ3) is 4.67. The molecule has 1 heterocycles. The molecule has 1 unspecified atom stereocenters. The summed E-state index contributed by atoms with van der Waals surface area (Å²) in [6.45, 7) is 5.06. The Morgan fingerprint density at radius 2 is 1.80 bits per heavy atom. The molecule has 0 spiro atoms. The summed E-state index contributed by atoms with van der Waals surface area (Å²) in [6, 6.07) is 11.7. The minimum Gasteiger partial charge on any atom is -0.454 e. The number of esters is 1. The van der Waals surface area contributed by atoms with Crippen molar-refractivity contribution in [1.82, 2.24) is 5.32 Å². The van der Waals surface area contributed by atoms with Crippen molar-refractivity contribution in [3.05, 3.63) is 65.5 Å². The van der Waals surface area contributed by atoms with Crippen molar-refractivity contribution in [2.75, 3.05) is 11.5 Å². The van der Waals surface area contributed by atoms with E-state index in [9.17, 15) is 18.8 Å². The molecule has 0 radical (unpaired) electrons. The number of hydrogen-bond acceptors (Lipinski definition) is 4. The van der Waals surface area contributed by atoms with Crippen LogP contribution in [-0.4, -0.2) is 36.5 Å². The van der Waals surface area contributed by atoms with Crippen LogP contribution in [0.1, 0.15) is 36.7 Å². The first kappa shape index (κ1) is 21.5. The number of rotatable bonds is 6. The number of carbonyl (C=O) groups excluding carboxylic acids is 3. The van der Waals surface area contributed by atoms with E-state index in [0.29, 0.717) is 0 Å². The van der Waals surface area contributed by atoms with Gasteiger partial charge in [-0.3, -0.25) is 9.59 Å². The number of nitrogens with one attached hydrogen (secondary N) is 1. The Morgan fingerprint density at radius 1 is 1.13 bits per heavy atom. The van der Waals surface area contributed by atoms with Crippen LogP contribution >= 0.6 is 0 Å². The van der Waals surface area contributed by atoms with E-state index in [-0.39, 0.29) is 23.4 Å². The summed E-state index contributed by atoms with van der Waals surface area (Å²) in [7, 11) is 0. The van der Waals surface area contributed by atoms with Crippen LogP contribution in [0.4, 0.5) is 10.1 Å². The summed E-state index contributed by atoms with van der Waals surface area (Å²) in [5.74, 6) is -2.23. The molecule has 158 valence electrons. The van der Waals surface area contributed by atoms with Gasteiger partial charge in [-0.25, -0.2) is 9.18 Å². The van der Waals surface area contributed by atoms with E-state index in [0.717, 1.165) is 17.7 Å². The summed E-state index contributed by atoms with van der Waals surface area (Å²) in [4.78, 5) is 39.3. The van der Waals surface area contributed by atoms with E-state index in [4.69, 9.17) is 4.74 Å². The number of anilines is 1. The maximum Gasteiger partial charge on any atom is 0.329 e. The number of para-hydroxylation sites is 1. The van der Waals surface area contributed by atoms with Gasteiger partial charge in [0.1, 0.15) is 11.9 Å². The molecule has 0 aliphatic carbocycles. The zero-order chi connectivity index (χ0) is 21.8. The Kier molecular flexibility index (Phi) is 6.50. The molecule has 30 heavy (non-hydrogen) atoms. The maximum absolute atomic E-state index is 13.1. The summed E-state index contributed by atoms with van der Waals surface area (Å²) in [6.07, 6.45) is 0.748. The second kappa shape index (κ2) is 9.07. The van der Waals surface area contributed by atoms with Crippen molar-refractivity contribution in [1.29, 1.82) is 0 Å². The van der Waals surface area contributed by atoms with Gasteiger partial charge in [0.15, 0.2) is 6.61 Å². The number of nitrogens with zero attached hydrogens (tertiary/aromatic N) is 1. The highest BCUT2D eigenvalue weighted by atomic mass is 19.1. The predicted octanol–water partition coefficient (Wildman–Crippen LogP) is 3.10. The summed E-state index contributed by atoms with van der Waals surface area (Å²) in [5, 5.41) is 2.61. The lowest BCUT2D eigenvalue weighted by molar-refractivity contribution is -0.150. The maximum atomic E-state index is 13.1. The van der Waals surface area contributed by atoms with E-state index in [1.807, 2.05) is 31.2 Å². The van der Waals surface area contributed by atoms with Gasteiger partial charge in [0.2, 0.25) is 0 Å². The second-order valence-corrected chi connectivity index (χ2v) is 7.76. The Hall–Kier alpha value is -3.22. The van der Waals surface area contributed by atoms with E-state index >= 15 is 0 Å². The molecule has 0 saturated heterocycles. The lowest BCUT2D eigenvalue weighted by atomic mass is 10.0. The van der Waals surface area contributed by atoms with E-state index in [1.165, 1.54) is 24.3 Å². The van der Waals surface area contributed by atoms with Crippen molar-refractivity contribution in [3.63, 3.8) is 0 Å². The molecule has 2 atom stereocenters. The van der Waals surface area contributed by atoms with E-state index in [2.05, 4.69) is 5.32 Å². The smallest absolute Gasteiger partial charge is 0.329 e. The Bertz CT molecular complexity index is 942. The van der Waals surface area contributed by atoms with Gasteiger partial charge in [-0.05, 0) is 55.2 Å². The average molecular weight is 412 g/mol. The standard InChI is InChI=1S/C23H25FN2O4/c1-14(2)21(25-22(28)16-8-10-18(24)11-9-16)23(29)30-13-20(27)26-15(3)12-17-6-4-5-7-19(17)26/h4-11,14-15,21H,12-13H2,1-3H3,(H,25,28)/t15?,21-/m0/s1. The van der Waals surface area contributed by atoms with Crippen molar-refractivity contribution in [2.24, 2.45) is 5.92 Å². The van der Waals surface area contributed by atoms with Crippen LogP contribution in [0, 0.1) is 11.7 Å². The predicted molar refractivity (Wildman–Crippen MR) is 111 cm³/mol. The number of hydrogen-bond donors (Lipinski definition) is 1. The topological polar surface area (TPSA) is 75.7 Å². The van der Waals surface area contributed by atoms with Gasteiger partial charge < -0.3 is 15.0 Å². The molecule has 1 aliphatic rings. The number of ether oxygens (including phenoxy) is 1. The lowest BCUT2D eigenvalue weighted by Crippen LogP contribution is -2.46. The highest BCUT2D eigenvalue weighted by Crippen LogP contribution is 2.31. The SMILES string of the molecule is CC(C)[C@H](NC(=O)c1ccc(F)cc1)C(=O)OCC(=O)N1c2ccccc2CC1C. The van der Waals surface area contributed by atoms with Gasteiger partial charge in [-0.1, -0.05) is 32.0 Å². The zero-order valence-electron chi connectivity index (χ0n) is 17.2. The van der Waals surface area contributed by atoms with Gasteiger partial charge >= 0.3 is 5.97 Å². The van der Waals surface area contributed by atoms with Crippen LogP contribution in [0.25, 0.3) is 0 Å². The number of halogens is 1. The van der Waals surface area contributed by atoms with Crippen LogP contribution in [0.3, 0.4) is 0 Å². The minimum atomic E-state index is -0.932. The van der Waals surface area contributed by atoms with Gasteiger partial charge in [0, 0.05) is 17.3 Å². The van der Waals surface area contributed by atoms with Crippen molar-refractivity contribution >= 4 is 23.5 Å². The molecule has 3 rings (SSSR count). The van der Waals surface area contributed by atoms with Crippen LogP contribution in [0.15, 0.2) is 48.5 Å². The molecule has 1 aliphatic heterocycles. The summed E-state index contributed by atoms with van der Waals surface area (Å²) < 4.78 is 18.3. The largest absolute Gasteiger partial charge is 0.454 e. The Balaban J connectivity index is 1.62. The van der Waals surface area contributed by atoms with Gasteiger partial charge in [0.05, 0.1) is 0 Å². The molecular weight excluding hydrogens is 387 g/mol. The van der Waals surface area contributed by atoms with Crippen LogP contribution < -0.4 is 10.2 Å². The fourth-order valence-corrected chi connectivity index (χ4v) is 3.56. The van der Waals surface area contributed by atoms with Gasteiger partial charge in [-0.15, -0.1) is 0 Å². The third-order valence-corrected chi connectivity index (χ3v) is 5.13. The molecule has 1 N–H and O–H groups in total. The molecule has 7 heteroatoms. The van der Waals surface area contributed by atoms with Gasteiger partial charge in [0.25, 0.3) is 11.8 Å². The van der Waals surface area contributed by atoms with Crippen molar-refractivity contribution < 1.29 is 23.5 Å². The average Bonchev–Trinajstić information content (AvgIpc) is 3.05. The second-order valence-electron chi connectivity index (χ2n) is 7.76.